The molecule has 0 amide bonds. The van der Waals surface area contributed by atoms with E-state index in [4.69, 9.17) is 4.52 Å². The molecule has 1 aromatic heterocycles. The van der Waals surface area contributed by atoms with Crippen molar-refractivity contribution in [2.45, 2.75) is 96.8 Å². The number of carboxylic acid groups (broad SMARTS) is 1. The van der Waals surface area contributed by atoms with Gasteiger partial charge in [-0.2, -0.15) is 0 Å². The van der Waals surface area contributed by atoms with Crippen molar-refractivity contribution in [3.05, 3.63) is 51.9 Å². The van der Waals surface area contributed by atoms with Gasteiger partial charge in [0.25, 0.3) is 0 Å². The molecule has 1 unspecified atom stereocenters. The molecular formula is C28H37NO4. The molecule has 33 heavy (non-hydrogen) atoms. The van der Waals surface area contributed by atoms with Crippen molar-refractivity contribution in [3.63, 3.8) is 0 Å². The summed E-state index contributed by atoms with van der Waals surface area (Å²) in [6.45, 7) is 8.59. The number of Topliss-reactive ketones (excluding diaryl/α,β-unsaturated/α-hetero) is 1. The summed E-state index contributed by atoms with van der Waals surface area (Å²) in [6, 6.07) is 6.10. The fourth-order valence-electron chi connectivity index (χ4n) is 5.58. The monoisotopic (exact) mass is 451 g/mol. The molecule has 2 aliphatic rings. The molecule has 5 heteroatoms. The molecule has 1 N–H and O–H groups in total. The van der Waals surface area contributed by atoms with Gasteiger partial charge in [-0.05, 0) is 74.8 Å². The number of carbonyl (C=O) groups is 2. The minimum Gasteiger partial charge on any atom is -0.481 e. The first kappa shape index (κ1) is 23.7. The number of nitrogens with zero attached hydrogens (tertiary/aromatic N) is 1. The van der Waals surface area contributed by atoms with E-state index in [9.17, 15) is 14.7 Å². The molecular weight excluding hydrogens is 414 g/mol. The molecule has 5 nitrogen and oxygen atoms in total. The van der Waals surface area contributed by atoms with Crippen molar-refractivity contribution in [1.82, 2.24) is 5.16 Å². The Bertz CT molecular complexity index is 1010. The highest BCUT2D eigenvalue weighted by Gasteiger charge is 2.42. The number of rotatable bonds is 11. The maximum Gasteiger partial charge on any atom is 0.304 e. The van der Waals surface area contributed by atoms with Crippen molar-refractivity contribution in [1.29, 1.82) is 0 Å². The van der Waals surface area contributed by atoms with Crippen molar-refractivity contribution in [2.24, 2.45) is 11.8 Å². The fraction of sp³-hybridized carbons (Fsp3) is 0.607. The van der Waals surface area contributed by atoms with Crippen molar-refractivity contribution >= 4 is 11.8 Å². The number of hydrogen-bond acceptors (Lipinski definition) is 4. The zero-order chi connectivity index (χ0) is 23.7. The first-order valence-electron chi connectivity index (χ1n) is 12.5. The van der Waals surface area contributed by atoms with E-state index >= 15 is 0 Å². The molecule has 0 aliphatic heterocycles. The van der Waals surface area contributed by atoms with Gasteiger partial charge >= 0.3 is 5.97 Å². The Hall–Kier alpha value is -2.43. The summed E-state index contributed by atoms with van der Waals surface area (Å²) in [4.78, 5) is 24.7. The minimum atomic E-state index is -0.897. The normalized spacial score (nSPS) is 21.1. The van der Waals surface area contributed by atoms with Gasteiger partial charge in [-0.1, -0.05) is 42.8 Å². The lowest BCUT2D eigenvalue weighted by atomic mass is 9.69. The molecule has 178 valence electrons. The number of hydrogen-bond donors (Lipinski definition) is 1. The maximum atomic E-state index is 13.0. The lowest BCUT2D eigenvalue weighted by molar-refractivity contribution is -0.137. The molecule has 2 fully saturated rings. The van der Waals surface area contributed by atoms with Gasteiger partial charge in [-0.3, -0.25) is 9.59 Å². The fourth-order valence-corrected chi connectivity index (χ4v) is 5.58. The number of carbonyl (C=O) groups excluding carboxylic acids is 1. The summed E-state index contributed by atoms with van der Waals surface area (Å²) in [6.07, 6.45) is 6.11. The van der Waals surface area contributed by atoms with Crippen molar-refractivity contribution < 1.29 is 19.2 Å². The van der Waals surface area contributed by atoms with E-state index in [1.54, 1.807) is 0 Å². The summed E-state index contributed by atoms with van der Waals surface area (Å²) >= 11 is 0. The highest BCUT2D eigenvalue weighted by Crippen LogP contribution is 2.52. The first-order valence-corrected chi connectivity index (χ1v) is 12.5. The predicted molar refractivity (Wildman–Crippen MR) is 128 cm³/mol. The third-order valence-electron chi connectivity index (χ3n) is 7.35. The summed E-state index contributed by atoms with van der Waals surface area (Å²) in [7, 11) is 0. The molecule has 1 heterocycles. The van der Waals surface area contributed by atoms with Crippen LogP contribution in [0, 0.1) is 25.7 Å². The van der Waals surface area contributed by atoms with Crippen molar-refractivity contribution in [2.75, 3.05) is 0 Å². The van der Waals surface area contributed by atoms with E-state index in [-0.39, 0.29) is 18.6 Å². The molecule has 0 spiro atoms. The largest absolute Gasteiger partial charge is 0.481 e. The van der Waals surface area contributed by atoms with Gasteiger partial charge in [0.05, 0.1) is 12.1 Å². The Balaban J connectivity index is 1.52. The van der Waals surface area contributed by atoms with Gasteiger partial charge in [0.2, 0.25) is 0 Å². The zero-order valence-corrected chi connectivity index (χ0v) is 20.4. The first-order chi connectivity index (χ1) is 15.7. The molecule has 2 saturated carbocycles. The average Bonchev–Trinajstić information content (AvgIpc) is 3.44. The molecule has 0 bridgehead atoms. The van der Waals surface area contributed by atoms with Gasteiger partial charge in [-0.15, -0.1) is 0 Å². The molecule has 2 aromatic rings. The Labute approximate surface area is 196 Å². The van der Waals surface area contributed by atoms with Gasteiger partial charge in [-0.25, -0.2) is 0 Å². The van der Waals surface area contributed by atoms with Crippen LogP contribution in [0.25, 0.3) is 0 Å². The van der Waals surface area contributed by atoms with Crippen LogP contribution in [0.2, 0.25) is 0 Å². The quantitative estimate of drug-likeness (QED) is 0.423. The molecule has 1 atom stereocenters. The maximum absolute atomic E-state index is 13.0. The lowest BCUT2D eigenvalue weighted by Gasteiger charge is -2.35. The number of aryl methyl sites for hydroxylation is 2. The van der Waals surface area contributed by atoms with Gasteiger partial charge in [0.15, 0.2) is 0 Å². The van der Waals surface area contributed by atoms with Crippen LogP contribution in [-0.4, -0.2) is 22.0 Å². The molecule has 4 rings (SSSR count). The second kappa shape index (κ2) is 9.82. The SMILES string of the molecule is Cc1ccc(CC(=O)CC(CC(=O)O)c2noc(C3CC(CC(C)C)C3)c2C2CC2)c(C)c1. The number of aliphatic carboxylic acids is 1. The Kier molecular flexibility index (Phi) is 7.06. The number of ketones is 1. The summed E-state index contributed by atoms with van der Waals surface area (Å²) in [5.74, 6) is 1.95. The van der Waals surface area contributed by atoms with Crippen LogP contribution in [0.15, 0.2) is 22.7 Å². The third kappa shape index (κ3) is 5.74. The predicted octanol–water partition coefficient (Wildman–Crippen LogP) is 6.47. The van der Waals surface area contributed by atoms with E-state index in [0.29, 0.717) is 24.2 Å². The Morgan fingerprint density at radius 2 is 1.85 bits per heavy atom. The standard InChI is InChI=1S/C28H37NO4/c1-16(2)9-19-11-23(12-19)28-26(20-7-8-20)27(29-33-28)22(15-25(31)32)14-24(30)13-21-6-5-17(3)10-18(21)4/h5-6,10,16,19-20,22-23H,7-9,11-15H2,1-4H3,(H,31,32). The van der Waals surface area contributed by atoms with E-state index in [1.807, 2.05) is 26.0 Å². The topological polar surface area (TPSA) is 80.4 Å². The summed E-state index contributed by atoms with van der Waals surface area (Å²) in [5.41, 5.74) is 5.14. The highest BCUT2D eigenvalue weighted by molar-refractivity contribution is 5.83. The molecule has 0 saturated heterocycles. The van der Waals surface area contributed by atoms with E-state index in [1.165, 1.54) is 12.0 Å². The second-order valence-corrected chi connectivity index (χ2v) is 10.9. The van der Waals surface area contributed by atoms with E-state index in [2.05, 4.69) is 25.1 Å². The van der Waals surface area contributed by atoms with Crippen LogP contribution in [-0.2, 0) is 16.0 Å². The Morgan fingerprint density at radius 1 is 1.12 bits per heavy atom. The van der Waals surface area contributed by atoms with Gasteiger partial charge in [0.1, 0.15) is 11.5 Å². The van der Waals surface area contributed by atoms with E-state index < -0.39 is 11.9 Å². The van der Waals surface area contributed by atoms with E-state index in [0.717, 1.165) is 59.7 Å². The summed E-state index contributed by atoms with van der Waals surface area (Å²) in [5, 5.41) is 14.0. The van der Waals surface area contributed by atoms with Crippen LogP contribution in [0.1, 0.15) is 110 Å². The highest BCUT2D eigenvalue weighted by atomic mass is 16.5. The summed E-state index contributed by atoms with van der Waals surface area (Å²) < 4.78 is 5.89. The van der Waals surface area contributed by atoms with Gasteiger partial charge < -0.3 is 9.63 Å². The van der Waals surface area contributed by atoms with Crippen LogP contribution in [0.5, 0.6) is 0 Å². The third-order valence-corrected chi connectivity index (χ3v) is 7.35. The molecule has 0 radical (unpaired) electrons. The van der Waals surface area contributed by atoms with Crippen LogP contribution >= 0.6 is 0 Å². The van der Waals surface area contributed by atoms with Gasteiger partial charge in [0, 0.05) is 30.2 Å². The second-order valence-electron chi connectivity index (χ2n) is 10.9. The lowest BCUT2D eigenvalue weighted by Crippen LogP contribution is -2.24. The smallest absolute Gasteiger partial charge is 0.304 e. The van der Waals surface area contributed by atoms with Crippen molar-refractivity contribution in [3.8, 4) is 0 Å². The van der Waals surface area contributed by atoms with Crippen LogP contribution in [0.4, 0.5) is 0 Å². The number of aromatic nitrogens is 1. The molecule has 1 aromatic carbocycles. The Morgan fingerprint density at radius 3 is 2.45 bits per heavy atom. The average molecular weight is 452 g/mol. The van der Waals surface area contributed by atoms with Crippen LogP contribution < -0.4 is 0 Å². The van der Waals surface area contributed by atoms with Crippen LogP contribution in [0.3, 0.4) is 0 Å². The zero-order valence-electron chi connectivity index (χ0n) is 20.4. The minimum absolute atomic E-state index is 0.0557. The molecule has 2 aliphatic carbocycles. The number of benzene rings is 1. The number of carboxylic acids is 1.